The molecule has 1 aromatic carbocycles. The van der Waals surface area contributed by atoms with E-state index < -0.39 is 5.97 Å². The molecule has 3 rings (SSSR count). The number of nitrogens with one attached hydrogen (secondary N) is 1. The van der Waals surface area contributed by atoms with E-state index in [1.807, 2.05) is 48.7 Å². The summed E-state index contributed by atoms with van der Waals surface area (Å²) in [7, 11) is 3.16. The molecule has 0 aliphatic carbocycles. The van der Waals surface area contributed by atoms with Gasteiger partial charge in [-0.2, -0.15) is 5.10 Å². The van der Waals surface area contributed by atoms with Crippen molar-refractivity contribution in [2.75, 3.05) is 20.7 Å². The van der Waals surface area contributed by atoms with Crippen molar-refractivity contribution < 1.29 is 18.7 Å². The highest BCUT2D eigenvalue weighted by molar-refractivity contribution is 5.90. The van der Waals surface area contributed by atoms with Gasteiger partial charge >= 0.3 is 5.97 Å². The molecule has 0 aliphatic rings. The van der Waals surface area contributed by atoms with E-state index in [0.717, 1.165) is 17.0 Å². The first-order chi connectivity index (χ1) is 15.3. The lowest BCUT2D eigenvalue weighted by Crippen LogP contribution is -2.34. The number of carbonyl (C=O) groups is 2. The molecule has 3 aromatic rings. The van der Waals surface area contributed by atoms with Crippen molar-refractivity contribution in [2.24, 2.45) is 0 Å². The lowest BCUT2D eigenvalue weighted by atomic mass is 10.2. The van der Waals surface area contributed by atoms with Gasteiger partial charge in [0.2, 0.25) is 5.91 Å². The molecule has 1 N–H and O–H groups in total. The van der Waals surface area contributed by atoms with Gasteiger partial charge in [-0.15, -0.1) is 0 Å². The molecule has 0 unspecified atom stereocenters. The van der Waals surface area contributed by atoms with Gasteiger partial charge in [0.1, 0.15) is 17.1 Å². The maximum absolute atomic E-state index is 12.5. The Balaban J connectivity index is 1.54. The number of ether oxygens (including phenoxy) is 1. The third-order valence-electron chi connectivity index (χ3n) is 5.38. The number of likely N-dealkylation sites (N-methyl/N-ethyl adjacent to an activating group) is 1. The average Bonchev–Trinajstić information content (AvgIpc) is 3.25. The second kappa shape index (κ2) is 10.3. The molecule has 0 saturated heterocycles. The van der Waals surface area contributed by atoms with E-state index in [4.69, 9.17) is 9.15 Å². The van der Waals surface area contributed by atoms with Gasteiger partial charge in [0.05, 0.1) is 32.4 Å². The van der Waals surface area contributed by atoms with Crippen LogP contribution < -0.4 is 5.32 Å². The Labute approximate surface area is 188 Å². The molecular weight excluding hydrogens is 408 g/mol. The van der Waals surface area contributed by atoms with Crippen LogP contribution in [0.25, 0.3) is 0 Å². The van der Waals surface area contributed by atoms with Crippen molar-refractivity contribution >= 4 is 11.9 Å². The summed E-state index contributed by atoms with van der Waals surface area (Å²) in [5.41, 5.74) is 4.56. The Morgan fingerprint density at radius 1 is 1.19 bits per heavy atom. The average molecular weight is 439 g/mol. The number of rotatable bonds is 9. The molecule has 0 spiro atoms. The third kappa shape index (κ3) is 5.64. The normalized spacial score (nSPS) is 11.1. The number of nitrogens with zero attached hydrogens (tertiary/aromatic N) is 3. The van der Waals surface area contributed by atoms with E-state index in [9.17, 15) is 9.59 Å². The first kappa shape index (κ1) is 23.3. The molecule has 0 fully saturated rings. The van der Waals surface area contributed by atoms with E-state index in [0.29, 0.717) is 36.7 Å². The van der Waals surface area contributed by atoms with E-state index in [1.165, 1.54) is 12.7 Å². The Morgan fingerprint density at radius 2 is 1.91 bits per heavy atom. The van der Waals surface area contributed by atoms with Gasteiger partial charge in [0.15, 0.2) is 0 Å². The molecule has 0 aliphatic heterocycles. The number of esters is 1. The van der Waals surface area contributed by atoms with Crippen LogP contribution in [0.15, 0.2) is 40.8 Å². The van der Waals surface area contributed by atoms with Gasteiger partial charge < -0.3 is 14.5 Å². The molecule has 32 heavy (non-hydrogen) atoms. The standard InChI is InChI=1S/C24H30N4O4/c1-16-22(17(2)28(26-16)13-19-9-7-6-8-10-19)12-25-23(29)15-27(4)14-20-11-21(18(3)32-20)24(30)31-5/h6-11H,12-15H2,1-5H3,(H,25,29). The van der Waals surface area contributed by atoms with Gasteiger partial charge in [-0.25, -0.2) is 4.79 Å². The van der Waals surface area contributed by atoms with Crippen LogP contribution in [-0.4, -0.2) is 47.3 Å². The van der Waals surface area contributed by atoms with Crippen LogP contribution in [0.5, 0.6) is 0 Å². The predicted octanol–water partition coefficient (Wildman–Crippen LogP) is 2.98. The summed E-state index contributed by atoms with van der Waals surface area (Å²) in [6.45, 7) is 7.41. The van der Waals surface area contributed by atoms with E-state index >= 15 is 0 Å². The Bertz CT molecular complexity index is 1090. The Kier molecular flexibility index (Phi) is 7.48. The summed E-state index contributed by atoms with van der Waals surface area (Å²) in [5.74, 6) is 0.574. The lowest BCUT2D eigenvalue weighted by molar-refractivity contribution is -0.122. The highest BCUT2D eigenvalue weighted by atomic mass is 16.5. The van der Waals surface area contributed by atoms with Crippen LogP contribution >= 0.6 is 0 Å². The quantitative estimate of drug-likeness (QED) is 0.517. The number of carbonyl (C=O) groups excluding carboxylic acids is 2. The SMILES string of the molecule is COC(=O)c1cc(CN(C)CC(=O)NCc2c(C)nn(Cc3ccccc3)c2C)oc1C. The highest BCUT2D eigenvalue weighted by Gasteiger charge is 2.18. The monoisotopic (exact) mass is 438 g/mol. The van der Waals surface area contributed by atoms with Crippen LogP contribution in [-0.2, 0) is 29.2 Å². The minimum Gasteiger partial charge on any atom is -0.465 e. The Hall–Kier alpha value is -3.39. The molecular formula is C24H30N4O4. The summed E-state index contributed by atoms with van der Waals surface area (Å²) < 4.78 is 12.3. The van der Waals surface area contributed by atoms with Crippen LogP contribution in [0.2, 0.25) is 0 Å². The van der Waals surface area contributed by atoms with E-state index in [1.54, 1.807) is 13.0 Å². The van der Waals surface area contributed by atoms with E-state index in [-0.39, 0.29) is 12.5 Å². The molecule has 2 heterocycles. The molecule has 0 atom stereocenters. The molecule has 0 saturated carbocycles. The minimum absolute atomic E-state index is 0.0985. The van der Waals surface area contributed by atoms with Crippen LogP contribution in [0.1, 0.15) is 44.4 Å². The second-order valence-electron chi connectivity index (χ2n) is 7.92. The molecule has 8 nitrogen and oxygen atoms in total. The zero-order valence-corrected chi connectivity index (χ0v) is 19.3. The molecule has 170 valence electrons. The largest absolute Gasteiger partial charge is 0.465 e. The number of methoxy groups -OCH3 is 1. The lowest BCUT2D eigenvalue weighted by Gasteiger charge is -2.15. The van der Waals surface area contributed by atoms with E-state index in [2.05, 4.69) is 22.5 Å². The van der Waals surface area contributed by atoms with Gasteiger partial charge in [0.25, 0.3) is 0 Å². The maximum atomic E-state index is 12.5. The van der Waals surface area contributed by atoms with Crippen LogP contribution in [0.3, 0.4) is 0 Å². The molecule has 2 aromatic heterocycles. The smallest absolute Gasteiger partial charge is 0.341 e. The summed E-state index contributed by atoms with van der Waals surface area (Å²) >= 11 is 0. The summed E-state index contributed by atoms with van der Waals surface area (Å²) in [6.07, 6.45) is 0. The summed E-state index contributed by atoms with van der Waals surface area (Å²) in [4.78, 5) is 26.0. The predicted molar refractivity (Wildman–Crippen MR) is 120 cm³/mol. The molecule has 0 bridgehead atoms. The maximum Gasteiger partial charge on any atom is 0.341 e. The van der Waals surface area contributed by atoms with Crippen LogP contribution in [0.4, 0.5) is 0 Å². The highest BCUT2D eigenvalue weighted by Crippen LogP contribution is 2.17. The van der Waals surface area contributed by atoms with Crippen molar-refractivity contribution in [1.29, 1.82) is 0 Å². The molecule has 1 amide bonds. The topological polar surface area (TPSA) is 89.6 Å². The second-order valence-corrected chi connectivity index (χ2v) is 7.92. The fraction of sp³-hybridized carbons (Fsp3) is 0.375. The number of aryl methyl sites for hydroxylation is 2. The number of benzene rings is 1. The van der Waals surface area contributed by atoms with Gasteiger partial charge in [-0.05, 0) is 39.4 Å². The van der Waals surface area contributed by atoms with Gasteiger partial charge in [-0.1, -0.05) is 30.3 Å². The van der Waals surface area contributed by atoms with Crippen LogP contribution in [0, 0.1) is 20.8 Å². The van der Waals surface area contributed by atoms with Gasteiger partial charge in [0, 0.05) is 17.8 Å². The first-order valence-electron chi connectivity index (χ1n) is 10.5. The number of aromatic nitrogens is 2. The van der Waals surface area contributed by atoms with Crippen molar-refractivity contribution in [3.05, 3.63) is 76.0 Å². The van der Waals surface area contributed by atoms with Crippen molar-refractivity contribution in [1.82, 2.24) is 20.0 Å². The summed E-state index contributed by atoms with van der Waals surface area (Å²) in [6, 6.07) is 11.8. The zero-order chi connectivity index (χ0) is 23.3. The fourth-order valence-corrected chi connectivity index (χ4v) is 3.64. The molecule has 0 radical (unpaired) electrons. The third-order valence-corrected chi connectivity index (χ3v) is 5.38. The van der Waals surface area contributed by atoms with Gasteiger partial charge in [-0.3, -0.25) is 14.4 Å². The minimum atomic E-state index is -0.434. The number of hydrogen-bond donors (Lipinski definition) is 1. The first-order valence-corrected chi connectivity index (χ1v) is 10.5. The number of amides is 1. The summed E-state index contributed by atoms with van der Waals surface area (Å²) in [5, 5.41) is 7.62. The fourth-order valence-electron chi connectivity index (χ4n) is 3.64. The van der Waals surface area contributed by atoms with Crippen molar-refractivity contribution in [3.8, 4) is 0 Å². The number of hydrogen-bond acceptors (Lipinski definition) is 6. The molecule has 8 heteroatoms. The Morgan fingerprint density at radius 3 is 2.59 bits per heavy atom. The van der Waals surface area contributed by atoms with Crippen molar-refractivity contribution in [2.45, 2.75) is 40.4 Å². The van der Waals surface area contributed by atoms with Crippen molar-refractivity contribution in [3.63, 3.8) is 0 Å². The number of furan rings is 1. The zero-order valence-electron chi connectivity index (χ0n) is 19.3.